The van der Waals surface area contributed by atoms with Crippen LogP contribution in [0.5, 0.6) is 0 Å². The zero-order valence-corrected chi connectivity index (χ0v) is 5.75. The Hall–Kier alpha value is -1.38. The molecule has 56 valence electrons. The normalized spacial score (nSPS) is 10.6. The van der Waals surface area contributed by atoms with Crippen LogP contribution in [0.15, 0.2) is 29.0 Å². The quantitative estimate of drug-likeness (QED) is 0.625. The van der Waals surface area contributed by atoms with E-state index in [1.54, 1.807) is 18.2 Å². The highest BCUT2D eigenvalue weighted by Gasteiger charge is 2.02. The molecule has 3 heteroatoms. The molecule has 0 atom stereocenters. The second kappa shape index (κ2) is 2.34. The highest BCUT2D eigenvalue weighted by atomic mass is 19.1. The Kier molecular flexibility index (Phi) is 1.35. The fraction of sp³-hybridized carbons (Fsp3) is 0.125. The number of fused-ring (bicyclic) bond motifs is 1. The van der Waals surface area contributed by atoms with Crippen molar-refractivity contribution in [3.63, 3.8) is 0 Å². The lowest BCUT2D eigenvalue weighted by molar-refractivity contribution is 0.480. The van der Waals surface area contributed by atoms with Crippen molar-refractivity contribution in [2.75, 3.05) is 0 Å². The lowest BCUT2D eigenvalue weighted by atomic mass is 10.2. The van der Waals surface area contributed by atoms with Gasteiger partial charge < -0.3 is 4.42 Å². The van der Waals surface area contributed by atoms with E-state index in [1.165, 1.54) is 6.39 Å². The molecule has 0 bridgehead atoms. The molecular formula is C8H6FNO. The zero-order valence-electron chi connectivity index (χ0n) is 5.75. The van der Waals surface area contributed by atoms with Gasteiger partial charge in [0.25, 0.3) is 0 Å². The monoisotopic (exact) mass is 151 g/mol. The van der Waals surface area contributed by atoms with Crippen LogP contribution in [-0.4, -0.2) is 4.98 Å². The first-order chi connectivity index (χ1) is 5.42. The fourth-order valence-corrected chi connectivity index (χ4v) is 1.05. The van der Waals surface area contributed by atoms with E-state index in [0.717, 1.165) is 0 Å². The lowest BCUT2D eigenvalue weighted by Gasteiger charge is -1.92. The summed E-state index contributed by atoms with van der Waals surface area (Å²) in [7, 11) is 0. The summed E-state index contributed by atoms with van der Waals surface area (Å²) in [5, 5.41) is 0. The van der Waals surface area contributed by atoms with Crippen LogP contribution < -0.4 is 0 Å². The molecule has 1 heterocycles. The lowest BCUT2D eigenvalue weighted by Crippen LogP contribution is -1.77. The highest BCUT2D eigenvalue weighted by Crippen LogP contribution is 2.17. The van der Waals surface area contributed by atoms with Crippen LogP contribution in [0.25, 0.3) is 11.1 Å². The molecule has 0 saturated carbocycles. The number of benzene rings is 1. The molecule has 0 N–H and O–H groups in total. The van der Waals surface area contributed by atoms with E-state index < -0.39 is 6.67 Å². The van der Waals surface area contributed by atoms with Gasteiger partial charge in [0.2, 0.25) is 0 Å². The SMILES string of the molecule is FCc1cccc2ncoc12. The number of para-hydroxylation sites is 1. The van der Waals surface area contributed by atoms with E-state index in [0.29, 0.717) is 16.7 Å². The molecule has 0 saturated heterocycles. The summed E-state index contributed by atoms with van der Waals surface area (Å²) in [6.07, 6.45) is 1.32. The Morgan fingerprint density at radius 1 is 1.45 bits per heavy atom. The van der Waals surface area contributed by atoms with Crippen molar-refractivity contribution < 1.29 is 8.81 Å². The number of alkyl halides is 1. The standard InChI is InChI=1S/C8H6FNO/c9-4-6-2-1-3-7-8(6)11-5-10-7/h1-3,5H,4H2. The number of hydrogen-bond donors (Lipinski definition) is 0. The fourth-order valence-electron chi connectivity index (χ4n) is 1.05. The highest BCUT2D eigenvalue weighted by molar-refractivity contribution is 5.75. The summed E-state index contributed by atoms with van der Waals surface area (Å²) in [5.74, 6) is 0. The topological polar surface area (TPSA) is 26.0 Å². The molecule has 11 heavy (non-hydrogen) atoms. The first kappa shape index (κ1) is 6.34. The minimum atomic E-state index is -0.507. The predicted octanol–water partition coefficient (Wildman–Crippen LogP) is 2.30. The molecule has 0 aliphatic rings. The second-order valence-electron chi connectivity index (χ2n) is 2.25. The van der Waals surface area contributed by atoms with E-state index in [9.17, 15) is 4.39 Å². The van der Waals surface area contributed by atoms with Gasteiger partial charge in [-0.25, -0.2) is 9.37 Å². The summed E-state index contributed by atoms with van der Waals surface area (Å²) in [4.78, 5) is 3.89. The summed E-state index contributed by atoms with van der Waals surface area (Å²) < 4.78 is 17.2. The number of hydrogen-bond acceptors (Lipinski definition) is 2. The third-order valence-corrected chi connectivity index (χ3v) is 1.58. The van der Waals surface area contributed by atoms with Crippen molar-refractivity contribution in [3.05, 3.63) is 30.2 Å². The Morgan fingerprint density at radius 3 is 3.18 bits per heavy atom. The van der Waals surface area contributed by atoms with Gasteiger partial charge >= 0.3 is 0 Å². The molecule has 0 aliphatic heterocycles. The molecule has 0 radical (unpaired) electrons. The average Bonchev–Trinajstić information content (AvgIpc) is 2.50. The van der Waals surface area contributed by atoms with Crippen molar-refractivity contribution in [1.82, 2.24) is 4.98 Å². The Labute approximate surface area is 62.7 Å². The van der Waals surface area contributed by atoms with Gasteiger partial charge in [-0.2, -0.15) is 0 Å². The maximum absolute atomic E-state index is 12.2. The molecule has 0 aliphatic carbocycles. The summed E-state index contributed by atoms with van der Waals surface area (Å²) in [5.41, 5.74) is 1.81. The van der Waals surface area contributed by atoms with Gasteiger partial charge in [-0.3, -0.25) is 0 Å². The van der Waals surface area contributed by atoms with Gasteiger partial charge in [0.1, 0.15) is 12.2 Å². The van der Waals surface area contributed by atoms with Gasteiger partial charge in [0, 0.05) is 5.56 Å². The van der Waals surface area contributed by atoms with Crippen molar-refractivity contribution in [1.29, 1.82) is 0 Å². The van der Waals surface area contributed by atoms with Crippen LogP contribution >= 0.6 is 0 Å². The largest absolute Gasteiger partial charge is 0.443 e. The molecule has 0 amide bonds. The maximum Gasteiger partial charge on any atom is 0.181 e. The summed E-state index contributed by atoms with van der Waals surface area (Å²) >= 11 is 0. The molecule has 1 aromatic heterocycles. The van der Waals surface area contributed by atoms with Crippen LogP contribution in [0.4, 0.5) is 4.39 Å². The molecule has 0 spiro atoms. The van der Waals surface area contributed by atoms with E-state index in [2.05, 4.69) is 4.98 Å². The summed E-state index contributed by atoms with van der Waals surface area (Å²) in [6.45, 7) is -0.507. The average molecular weight is 151 g/mol. The van der Waals surface area contributed by atoms with Crippen LogP contribution in [0.1, 0.15) is 5.56 Å². The van der Waals surface area contributed by atoms with Gasteiger partial charge in [-0.15, -0.1) is 0 Å². The van der Waals surface area contributed by atoms with Gasteiger partial charge in [0.15, 0.2) is 12.0 Å². The number of halogens is 1. The Balaban J connectivity index is 2.79. The minimum absolute atomic E-state index is 0.507. The first-order valence-electron chi connectivity index (χ1n) is 3.29. The predicted molar refractivity (Wildman–Crippen MR) is 38.8 cm³/mol. The third kappa shape index (κ3) is 0.888. The molecule has 2 nitrogen and oxygen atoms in total. The van der Waals surface area contributed by atoms with Crippen molar-refractivity contribution in [2.45, 2.75) is 6.67 Å². The van der Waals surface area contributed by atoms with Gasteiger partial charge in [-0.1, -0.05) is 12.1 Å². The first-order valence-corrected chi connectivity index (χ1v) is 3.29. The number of oxazole rings is 1. The van der Waals surface area contributed by atoms with Gasteiger partial charge in [-0.05, 0) is 6.07 Å². The summed E-state index contributed by atoms with van der Waals surface area (Å²) in [6, 6.07) is 5.24. The molecule has 1 aromatic carbocycles. The van der Waals surface area contributed by atoms with Crippen LogP contribution in [0.3, 0.4) is 0 Å². The van der Waals surface area contributed by atoms with Crippen molar-refractivity contribution in [2.24, 2.45) is 0 Å². The molecule has 0 fully saturated rings. The van der Waals surface area contributed by atoms with Crippen LogP contribution in [-0.2, 0) is 6.67 Å². The molecular weight excluding hydrogens is 145 g/mol. The molecule has 2 aromatic rings. The van der Waals surface area contributed by atoms with Crippen molar-refractivity contribution in [3.8, 4) is 0 Å². The van der Waals surface area contributed by atoms with Crippen LogP contribution in [0.2, 0.25) is 0 Å². The van der Waals surface area contributed by atoms with Gasteiger partial charge in [0.05, 0.1) is 0 Å². The van der Waals surface area contributed by atoms with E-state index >= 15 is 0 Å². The molecule has 2 rings (SSSR count). The van der Waals surface area contributed by atoms with E-state index in [1.807, 2.05) is 0 Å². The number of nitrogens with zero attached hydrogens (tertiary/aromatic N) is 1. The maximum atomic E-state index is 12.2. The second-order valence-corrected chi connectivity index (χ2v) is 2.25. The molecule has 0 unspecified atom stereocenters. The van der Waals surface area contributed by atoms with Crippen LogP contribution in [0, 0.1) is 0 Å². The number of aromatic nitrogens is 1. The smallest absolute Gasteiger partial charge is 0.181 e. The van der Waals surface area contributed by atoms with E-state index in [-0.39, 0.29) is 0 Å². The third-order valence-electron chi connectivity index (χ3n) is 1.58. The Bertz CT molecular complexity index is 369. The number of rotatable bonds is 1. The minimum Gasteiger partial charge on any atom is -0.443 e. The Morgan fingerprint density at radius 2 is 2.36 bits per heavy atom. The zero-order chi connectivity index (χ0) is 7.68. The van der Waals surface area contributed by atoms with Crippen molar-refractivity contribution >= 4 is 11.1 Å². The van der Waals surface area contributed by atoms with E-state index in [4.69, 9.17) is 4.42 Å².